The molecule has 1 aliphatic carbocycles. The lowest BCUT2D eigenvalue weighted by Crippen LogP contribution is -2.29. The first-order valence-corrected chi connectivity index (χ1v) is 9.84. The number of pyridine rings is 1. The van der Waals surface area contributed by atoms with Crippen LogP contribution >= 0.6 is 11.8 Å². The van der Waals surface area contributed by atoms with E-state index in [1.807, 2.05) is 41.1 Å². The van der Waals surface area contributed by atoms with Crippen LogP contribution in [-0.2, 0) is 5.75 Å². The van der Waals surface area contributed by atoms with Gasteiger partial charge in [0.25, 0.3) is 5.56 Å². The maximum absolute atomic E-state index is 13.2. The molecule has 0 N–H and O–H groups in total. The molecule has 2 aromatic heterocycles. The molecule has 4 nitrogen and oxygen atoms in total. The molecule has 0 amide bonds. The third-order valence-electron chi connectivity index (χ3n) is 4.81. The number of aromatic nitrogens is 3. The molecule has 0 spiro atoms. The van der Waals surface area contributed by atoms with E-state index in [-0.39, 0.29) is 11.6 Å². The van der Waals surface area contributed by atoms with E-state index < -0.39 is 0 Å². The topological polar surface area (TPSA) is 47.8 Å². The van der Waals surface area contributed by atoms with Gasteiger partial charge in [-0.15, -0.1) is 0 Å². The highest BCUT2D eigenvalue weighted by Crippen LogP contribution is 2.31. The zero-order chi connectivity index (χ0) is 17.1. The molecule has 0 radical (unpaired) electrons. The molecule has 0 atom stereocenters. The van der Waals surface area contributed by atoms with Crippen molar-refractivity contribution in [3.63, 3.8) is 0 Å². The van der Waals surface area contributed by atoms with Crippen LogP contribution in [0.4, 0.5) is 0 Å². The van der Waals surface area contributed by atoms with Crippen LogP contribution in [0.25, 0.3) is 10.9 Å². The standard InChI is InChI=1S/C20H21N3OS/c24-19-17-10-4-5-11-18(17)22-20(23(19)16-8-2-1-3-9-16)25-14-15-7-6-12-21-13-15/h4-7,10-13,16H,1-3,8-9,14H2. The summed E-state index contributed by atoms with van der Waals surface area (Å²) in [7, 11) is 0. The van der Waals surface area contributed by atoms with Crippen LogP contribution in [0.2, 0.25) is 0 Å². The van der Waals surface area contributed by atoms with E-state index in [1.165, 1.54) is 19.3 Å². The van der Waals surface area contributed by atoms with E-state index >= 15 is 0 Å². The summed E-state index contributed by atoms with van der Waals surface area (Å²) in [6, 6.07) is 11.9. The Bertz CT molecular complexity index is 917. The van der Waals surface area contributed by atoms with Gasteiger partial charge in [0.05, 0.1) is 10.9 Å². The SMILES string of the molecule is O=c1c2ccccc2nc(SCc2cccnc2)n1C1CCCCC1. The Kier molecular flexibility index (Phi) is 4.83. The highest BCUT2D eigenvalue weighted by atomic mass is 32.2. The van der Waals surface area contributed by atoms with Crippen molar-refractivity contribution in [1.29, 1.82) is 0 Å². The van der Waals surface area contributed by atoms with E-state index in [1.54, 1.807) is 18.0 Å². The van der Waals surface area contributed by atoms with Gasteiger partial charge in [0, 0.05) is 24.2 Å². The van der Waals surface area contributed by atoms with Crippen LogP contribution in [0.5, 0.6) is 0 Å². The van der Waals surface area contributed by atoms with Gasteiger partial charge < -0.3 is 0 Å². The summed E-state index contributed by atoms with van der Waals surface area (Å²) in [6.45, 7) is 0. The lowest BCUT2D eigenvalue weighted by atomic mass is 9.95. The Labute approximate surface area is 151 Å². The number of fused-ring (bicyclic) bond motifs is 1. The highest BCUT2D eigenvalue weighted by molar-refractivity contribution is 7.98. The second-order valence-corrected chi connectivity index (χ2v) is 7.47. The molecule has 1 fully saturated rings. The Morgan fingerprint density at radius 3 is 2.72 bits per heavy atom. The van der Waals surface area contributed by atoms with Crippen molar-refractivity contribution in [3.8, 4) is 0 Å². The van der Waals surface area contributed by atoms with Gasteiger partial charge in [0.15, 0.2) is 5.16 Å². The van der Waals surface area contributed by atoms with Crippen LogP contribution in [-0.4, -0.2) is 14.5 Å². The molecule has 0 aliphatic heterocycles. The van der Waals surface area contributed by atoms with Gasteiger partial charge in [-0.05, 0) is 36.6 Å². The number of benzene rings is 1. The van der Waals surface area contributed by atoms with Gasteiger partial charge in [-0.25, -0.2) is 4.98 Å². The Balaban J connectivity index is 1.75. The molecular weight excluding hydrogens is 330 g/mol. The first kappa shape index (κ1) is 16.3. The van der Waals surface area contributed by atoms with Crippen molar-refractivity contribution in [1.82, 2.24) is 14.5 Å². The smallest absolute Gasteiger partial charge is 0.262 e. The van der Waals surface area contributed by atoms with Crippen molar-refractivity contribution in [2.24, 2.45) is 0 Å². The van der Waals surface area contributed by atoms with Crippen molar-refractivity contribution >= 4 is 22.7 Å². The van der Waals surface area contributed by atoms with Gasteiger partial charge in [-0.3, -0.25) is 14.3 Å². The monoisotopic (exact) mass is 351 g/mol. The van der Waals surface area contributed by atoms with Gasteiger partial charge in [-0.1, -0.05) is 49.2 Å². The minimum absolute atomic E-state index is 0.103. The summed E-state index contributed by atoms with van der Waals surface area (Å²) >= 11 is 1.63. The average molecular weight is 351 g/mol. The molecule has 5 heteroatoms. The quantitative estimate of drug-likeness (QED) is 0.509. The fourth-order valence-electron chi connectivity index (χ4n) is 3.52. The van der Waals surface area contributed by atoms with E-state index in [0.29, 0.717) is 0 Å². The highest BCUT2D eigenvalue weighted by Gasteiger charge is 2.21. The molecule has 128 valence electrons. The summed E-state index contributed by atoms with van der Waals surface area (Å²) in [5.74, 6) is 0.769. The summed E-state index contributed by atoms with van der Waals surface area (Å²) in [5.41, 5.74) is 2.03. The molecule has 3 aromatic rings. The van der Waals surface area contributed by atoms with Crippen LogP contribution in [0.1, 0.15) is 43.7 Å². The minimum atomic E-state index is 0.103. The number of hydrogen-bond acceptors (Lipinski definition) is 4. The maximum atomic E-state index is 13.2. The summed E-state index contributed by atoms with van der Waals surface area (Å²) in [5, 5.41) is 1.55. The second kappa shape index (κ2) is 7.40. The van der Waals surface area contributed by atoms with Gasteiger partial charge in [-0.2, -0.15) is 0 Å². The molecule has 4 rings (SSSR count). The molecule has 0 saturated heterocycles. The minimum Gasteiger partial charge on any atom is -0.284 e. The average Bonchev–Trinajstić information content (AvgIpc) is 2.68. The Morgan fingerprint density at radius 1 is 1.08 bits per heavy atom. The summed E-state index contributed by atoms with van der Waals surface area (Å²) in [6.07, 6.45) is 9.44. The Morgan fingerprint density at radius 2 is 1.92 bits per heavy atom. The number of rotatable bonds is 4. The van der Waals surface area contributed by atoms with Gasteiger partial charge in [0.1, 0.15) is 0 Å². The van der Waals surface area contributed by atoms with Crippen molar-refractivity contribution in [2.75, 3.05) is 0 Å². The van der Waals surface area contributed by atoms with Crippen LogP contribution < -0.4 is 5.56 Å². The van der Waals surface area contributed by atoms with Crippen molar-refractivity contribution in [2.45, 2.75) is 49.1 Å². The largest absolute Gasteiger partial charge is 0.284 e. The van der Waals surface area contributed by atoms with Crippen molar-refractivity contribution < 1.29 is 0 Å². The Hall–Kier alpha value is -2.14. The molecule has 2 heterocycles. The third kappa shape index (κ3) is 3.47. The lowest BCUT2D eigenvalue weighted by molar-refractivity contribution is 0.326. The van der Waals surface area contributed by atoms with Crippen LogP contribution in [0.3, 0.4) is 0 Å². The van der Waals surface area contributed by atoms with Gasteiger partial charge >= 0.3 is 0 Å². The fraction of sp³-hybridized carbons (Fsp3) is 0.350. The number of hydrogen-bond donors (Lipinski definition) is 0. The zero-order valence-corrected chi connectivity index (χ0v) is 14.9. The van der Waals surface area contributed by atoms with Crippen molar-refractivity contribution in [3.05, 3.63) is 64.7 Å². The van der Waals surface area contributed by atoms with Crippen LogP contribution in [0, 0.1) is 0 Å². The molecule has 1 aliphatic rings. The lowest BCUT2D eigenvalue weighted by Gasteiger charge is -2.26. The van der Waals surface area contributed by atoms with Gasteiger partial charge in [0.2, 0.25) is 0 Å². The van der Waals surface area contributed by atoms with Crippen LogP contribution in [0.15, 0.2) is 58.7 Å². The molecule has 25 heavy (non-hydrogen) atoms. The maximum Gasteiger partial charge on any atom is 0.262 e. The molecule has 0 unspecified atom stereocenters. The third-order valence-corrected chi connectivity index (χ3v) is 5.83. The predicted molar refractivity (Wildman–Crippen MR) is 102 cm³/mol. The molecule has 1 saturated carbocycles. The fourth-order valence-corrected chi connectivity index (χ4v) is 4.52. The summed E-state index contributed by atoms with van der Waals surface area (Å²) < 4.78 is 1.96. The normalized spacial score (nSPS) is 15.5. The first-order valence-electron chi connectivity index (χ1n) is 8.86. The number of para-hydroxylation sites is 1. The van der Waals surface area contributed by atoms with E-state index in [9.17, 15) is 4.79 Å². The van der Waals surface area contributed by atoms with E-state index in [0.717, 1.165) is 40.2 Å². The van der Waals surface area contributed by atoms with E-state index in [2.05, 4.69) is 11.1 Å². The summed E-state index contributed by atoms with van der Waals surface area (Å²) in [4.78, 5) is 22.2. The second-order valence-electron chi connectivity index (χ2n) is 6.53. The molecular formula is C20H21N3OS. The predicted octanol–water partition coefficient (Wildman–Crippen LogP) is 4.59. The first-order chi connectivity index (χ1) is 12.3. The molecule has 1 aromatic carbocycles. The number of nitrogens with zero attached hydrogens (tertiary/aromatic N) is 3. The zero-order valence-electron chi connectivity index (χ0n) is 14.1. The number of thioether (sulfide) groups is 1. The molecule has 0 bridgehead atoms. The van der Waals surface area contributed by atoms with E-state index in [4.69, 9.17) is 4.98 Å².